The third-order valence-corrected chi connectivity index (χ3v) is 3.55. The third kappa shape index (κ3) is 3.96. The van der Waals surface area contributed by atoms with Gasteiger partial charge in [0, 0.05) is 23.5 Å². The summed E-state index contributed by atoms with van der Waals surface area (Å²) in [5, 5.41) is 10.3. The predicted molar refractivity (Wildman–Crippen MR) is 60.5 cm³/mol. The number of nitrogens with zero attached hydrogens (tertiary/aromatic N) is 1. The van der Waals surface area contributed by atoms with Gasteiger partial charge in [-0.1, -0.05) is 0 Å². The zero-order chi connectivity index (χ0) is 10.4. The van der Waals surface area contributed by atoms with Gasteiger partial charge in [0.2, 0.25) is 0 Å². The topological polar surface area (TPSA) is 42.4 Å². The molecule has 0 amide bonds. The maximum absolute atomic E-state index is 9.41. The van der Waals surface area contributed by atoms with Crippen LogP contribution >= 0.6 is 27.7 Å². The standard InChI is InChI=1S/C9H12BrNO2S/c1-13-5-7(12)6-14-9-8(10)3-2-4-11-9/h2-4,7,12H,5-6H2,1H3. The first-order valence-corrected chi connectivity index (χ1v) is 5.92. The smallest absolute Gasteiger partial charge is 0.110 e. The van der Waals surface area contributed by atoms with Crippen LogP contribution in [0.25, 0.3) is 0 Å². The van der Waals surface area contributed by atoms with Gasteiger partial charge in [-0.15, -0.1) is 11.8 Å². The highest BCUT2D eigenvalue weighted by Crippen LogP contribution is 2.24. The van der Waals surface area contributed by atoms with Crippen molar-refractivity contribution in [2.45, 2.75) is 11.1 Å². The number of hydrogen-bond acceptors (Lipinski definition) is 4. The van der Waals surface area contributed by atoms with Crippen LogP contribution in [-0.2, 0) is 4.74 Å². The van der Waals surface area contributed by atoms with E-state index in [1.54, 1.807) is 13.3 Å². The van der Waals surface area contributed by atoms with E-state index in [1.807, 2.05) is 12.1 Å². The van der Waals surface area contributed by atoms with E-state index >= 15 is 0 Å². The highest BCUT2D eigenvalue weighted by molar-refractivity contribution is 9.10. The monoisotopic (exact) mass is 277 g/mol. The van der Waals surface area contributed by atoms with Crippen molar-refractivity contribution in [3.8, 4) is 0 Å². The molecule has 0 aliphatic rings. The number of methoxy groups -OCH3 is 1. The average Bonchev–Trinajstić information content (AvgIpc) is 2.17. The van der Waals surface area contributed by atoms with Crippen molar-refractivity contribution in [3.63, 3.8) is 0 Å². The molecule has 0 bridgehead atoms. The van der Waals surface area contributed by atoms with Crippen molar-refractivity contribution in [1.29, 1.82) is 0 Å². The number of pyridine rings is 1. The van der Waals surface area contributed by atoms with E-state index in [9.17, 15) is 5.11 Å². The average molecular weight is 278 g/mol. The van der Waals surface area contributed by atoms with E-state index in [0.717, 1.165) is 9.50 Å². The van der Waals surface area contributed by atoms with E-state index in [2.05, 4.69) is 20.9 Å². The lowest BCUT2D eigenvalue weighted by atomic mass is 10.4. The fraction of sp³-hybridized carbons (Fsp3) is 0.444. The Morgan fingerprint density at radius 3 is 3.14 bits per heavy atom. The van der Waals surface area contributed by atoms with Gasteiger partial charge in [0.1, 0.15) is 5.03 Å². The lowest BCUT2D eigenvalue weighted by Gasteiger charge is -2.08. The first-order chi connectivity index (χ1) is 6.74. The summed E-state index contributed by atoms with van der Waals surface area (Å²) in [5.41, 5.74) is 0. The van der Waals surface area contributed by atoms with Crippen LogP contribution in [-0.4, -0.2) is 35.7 Å². The highest BCUT2D eigenvalue weighted by Gasteiger charge is 2.06. The Morgan fingerprint density at radius 1 is 1.71 bits per heavy atom. The fourth-order valence-electron chi connectivity index (χ4n) is 0.893. The van der Waals surface area contributed by atoms with Crippen LogP contribution in [0.2, 0.25) is 0 Å². The Morgan fingerprint density at radius 2 is 2.50 bits per heavy atom. The molecule has 3 nitrogen and oxygen atoms in total. The van der Waals surface area contributed by atoms with E-state index in [1.165, 1.54) is 11.8 Å². The minimum atomic E-state index is -0.445. The van der Waals surface area contributed by atoms with Gasteiger partial charge in [-0.05, 0) is 28.1 Å². The molecule has 1 aromatic rings. The maximum atomic E-state index is 9.41. The summed E-state index contributed by atoms with van der Waals surface area (Å²) in [5.74, 6) is 0.587. The summed E-state index contributed by atoms with van der Waals surface area (Å²) in [7, 11) is 1.57. The van der Waals surface area contributed by atoms with Crippen molar-refractivity contribution in [2.75, 3.05) is 19.5 Å². The number of hydrogen-bond donors (Lipinski definition) is 1. The molecular formula is C9H12BrNO2S. The van der Waals surface area contributed by atoms with E-state index in [4.69, 9.17) is 4.74 Å². The van der Waals surface area contributed by atoms with Crippen molar-refractivity contribution >= 4 is 27.7 Å². The number of aliphatic hydroxyl groups excluding tert-OH is 1. The van der Waals surface area contributed by atoms with Crippen molar-refractivity contribution in [1.82, 2.24) is 4.98 Å². The summed E-state index contributed by atoms with van der Waals surface area (Å²) < 4.78 is 5.78. The Bertz CT molecular complexity index is 285. The first kappa shape index (κ1) is 12.0. The van der Waals surface area contributed by atoms with E-state index < -0.39 is 6.10 Å². The Balaban J connectivity index is 2.41. The molecule has 78 valence electrons. The number of rotatable bonds is 5. The van der Waals surface area contributed by atoms with Crippen LogP contribution in [0.4, 0.5) is 0 Å². The second-order valence-electron chi connectivity index (χ2n) is 2.71. The van der Waals surface area contributed by atoms with Gasteiger partial charge in [-0.2, -0.15) is 0 Å². The molecule has 1 N–H and O–H groups in total. The molecule has 0 fully saturated rings. The molecule has 5 heteroatoms. The molecule has 0 spiro atoms. The zero-order valence-corrected chi connectivity index (χ0v) is 10.2. The predicted octanol–water partition coefficient (Wildman–Crippen LogP) is 1.94. The molecule has 0 aliphatic carbocycles. The Labute approximate surface area is 96.0 Å². The molecule has 0 aromatic carbocycles. The van der Waals surface area contributed by atoms with Crippen molar-refractivity contribution in [3.05, 3.63) is 22.8 Å². The molecule has 1 atom stereocenters. The molecule has 0 saturated carbocycles. The molecule has 0 aliphatic heterocycles. The lowest BCUT2D eigenvalue weighted by molar-refractivity contribution is 0.0794. The van der Waals surface area contributed by atoms with Gasteiger partial charge in [-0.3, -0.25) is 0 Å². The molecule has 0 radical (unpaired) electrons. The maximum Gasteiger partial charge on any atom is 0.110 e. The summed E-state index contributed by atoms with van der Waals surface area (Å²) in [6.07, 6.45) is 1.29. The van der Waals surface area contributed by atoms with Crippen LogP contribution in [0.1, 0.15) is 0 Å². The number of aromatic nitrogens is 1. The van der Waals surface area contributed by atoms with Crippen LogP contribution in [0.5, 0.6) is 0 Å². The van der Waals surface area contributed by atoms with Gasteiger partial charge >= 0.3 is 0 Å². The molecular weight excluding hydrogens is 266 g/mol. The van der Waals surface area contributed by atoms with Crippen molar-refractivity contribution in [2.24, 2.45) is 0 Å². The summed E-state index contributed by atoms with van der Waals surface area (Å²) >= 11 is 4.90. The molecule has 1 aromatic heterocycles. The third-order valence-electron chi connectivity index (χ3n) is 1.50. The molecule has 1 unspecified atom stereocenters. The van der Waals surface area contributed by atoms with Gasteiger partial charge in [0.25, 0.3) is 0 Å². The SMILES string of the molecule is COCC(O)CSc1ncccc1Br. The van der Waals surface area contributed by atoms with Crippen molar-refractivity contribution < 1.29 is 9.84 Å². The van der Waals surface area contributed by atoms with Gasteiger partial charge in [-0.25, -0.2) is 4.98 Å². The normalized spacial score (nSPS) is 12.8. The molecule has 1 heterocycles. The quantitative estimate of drug-likeness (QED) is 0.836. The molecule has 1 rings (SSSR count). The Kier molecular flexibility index (Phi) is 5.47. The summed E-state index contributed by atoms with van der Waals surface area (Å²) in [4.78, 5) is 4.17. The second kappa shape index (κ2) is 6.40. The number of thioether (sulfide) groups is 1. The number of ether oxygens (including phenoxy) is 1. The van der Waals surface area contributed by atoms with Gasteiger partial charge < -0.3 is 9.84 Å². The van der Waals surface area contributed by atoms with Crippen LogP contribution in [0, 0.1) is 0 Å². The molecule has 0 saturated heterocycles. The molecule has 14 heavy (non-hydrogen) atoms. The first-order valence-electron chi connectivity index (χ1n) is 4.14. The van der Waals surface area contributed by atoms with Gasteiger partial charge in [0.05, 0.1) is 12.7 Å². The summed E-state index contributed by atoms with van der Waals surface area (Å²) in [6, 6.07) is 3.79. The Hall–Kier alpha value is -0.100. The van der Waals surface area contributed by atoms with E-state index in [0.29, 0.717) is 12.4 Å². The second-order valence-corrected chi connectivity index (χ2v) is 4.57. The van der Waals surface area contributed by atoms with E-state index in [-0.39, 0.29) is 0 Å². The highest BCUT2D eigenvalue weighted by atomic mass is 79.9. The summed E-state index contributed by atoms with van der Waals surface area (Å²) in [6.45, 7) is 0.359. The van der Waals surface area contributed by atoms with Gasteiger partial charge in [0.15, 0.2) is 0 Å². The number of aliphatic hydroxyl groups is 1. The zero-order valence-electron chi connectivity index (χ0n) is 7.81. The fourth-order valence-corrected chi connectivity index (χ4v) is 2.28. The minimum absolute atomic E-state index is 0.359. The van der Waals surface area contributed by atoms with Crippen LogP contribution in [0.3, 0.4) is 0 Å². The number of halogens is 1. The van der Waals surface area contributed by atoms with Crippen LogP contribution in [0.15, 0.2) is 27.8 Å². The lowest BCUT2D eigenvalue weighted by Crippen LogP contribution is -2.16. The van der Waals surface area contributed by atoms with Crippen LogP contribution < -0.4 is 0 Å². The largest absolute Gasteiger partial charge is 0.390 e. The minimum Gasteiger partial charge on any atom is -0.390 e.